The van der Waals surface area contributed by atoms with Gasteiger partial charge >= 0.3 is 0 Å². The molecule has 0 aromatic heterocycles. The van der Waals surface area contributed by atoms with Crippen molar-refractivity contribution in [1.82, 2.24) is 0 Å². The predicted molar refractivity (Wildman–Crippen MR) is 52.1 cm³/mol. The Kier molecular flexibility index (Phi) is 3.51. The van der Waals surface area contributed by atoms with E-state index in [9.17, 15) is 0 Å². The van der Waals surface area contributed by atoms with E-state index in [1.807, 2.05) is 0 Å². The van der Waals surface area contributed by atoms with Crippen molar-refractivity contribution in [2.24, 2.45) is 0 Å². The fourth-order valence-electron chi connectivity index (χ4n) is 0.759. The summed E-state index contributed by atoms with van der Waals surface area (Å²) < 4.78 is 5.07. The van der Waals surface area contributed by atoms with Crippen LogP contribution < -0.4 is 4.74 Å². The number of halogens is 3. The molecule has 0 unspecified atom stereocenters. The molecule has 0 bridgehead atoms. The third kappa shape index (κ3) is 2.19. The van der Waals surface area contributed by atoms with Gasteiger partial charge in [-0.1, -0.05) is 34.8 Å². The van der Waals surface area contributed by atoms with Crippen molar-refractivity contribution in [2.45, 2.75) is 6.92 Å². The molecule has 0 aliphatic carbocycles. The van der Waals surface area contributed by atoms with Crippen molar-refractivity contribution in [3.05, 3.63) is 33.8 Å². The first-order valence-corrected chi connectivity index (χ1v) is 4.37. The molecule has 1 aromatic carbocycles. The SMILES string of the molecule is C[CH]Oc1c(Cl)cc(Cl)cc1Cl. The van der Waals surface area contributed by atoms with Gasteiger partial charge in [0, 0.05) is 5.02 Å². The molecule has 0 spiro atoms. The topological polar surface area (TPSA) is 9.23 Å². The van der Waals surface area contributed by atoms with E-state index in [4.69, 9.17) is 39.5 Å². The lowest BCUT2D eigenvalue weighted by molar-refractivity contribution is 0.417. The fraction of sp³-hybridized carbons (Fsp3) is 0.125. The van der Waals surface area contributed by atoms with Crippen LogP contribution in [0.1, 0.15) is 6.92 Å². The van der Waals surface area contributed by atoms with E-state index in [2.05, 4.69) is 0 Å². The molecule has 0 amide bonds. The van der Waals surface area contributed by atoms with Gasteiger partial charge in [-0.15, -0.1) is 0 Å². The first-order chi connectivity index (χ1) is 5.65. The summed E-state index contributed by atoms with van der Waals surface area (Å²) in [5.74, 6) is 0.435. The molecular weight excluding hydrogens is 218 g/mol. The zero-order chi connectivity index (χ0) is 9.14. The number of benzene rings is 1. The smallest absolute Gasteiger partial charge is 0.157 e. The van der Waals surface area contributed by atoms with Gasteiger partial charge in [0.05, 0.1) is 10.0 Å². The zero-order valence-electron chi connectivity index (χ0n) is 6.27. The molecule has 1 radical (unpaired) electrons. The molecule has 0 saturated heterocycles. The Morgan fingerprint density at radius 3 is 2.08 bits per heavy atom. The quantitative estimate of drug-likeness (QED) is 0.731. The molecule has 0 aliphatic heterocycles. The minimum Gasteiger partial charge on any atom is -0.484 e. The lowest BCUT2D eigenvalue weighted by Gasteiger charge is -2.06. The molecule has 0 atom stereocenters. The molecule has 65 valence electrons. The molecular formula is C8H6Cl3O. The van der Waals surface area contributed by atoms with Gasteiger partial charge in [-0.3, -0.25) is 0 Å². The van der Waals surface area contributed by atoms with E-state index in [0.29, 0.717) is 20.8 Å². The van der Waals surface area contributed by atoms with Crippen LogP contribution in [0.15, 0.2) is 12.1 Å². The van der Waals surface area contributed by atoms with Gasteiger partial charge in [0.2, 0.25) is 0 Å². The van der Waals surface area contributed by atoms with Gasteiger partial charge in [0.15, 0.2) is 5.75 Å². The first kappa shape index (κ1) is 9.97. The summed E-state index contributed by atoms with van der Waals surface area (Å²) in [4.78, 5) is 0. The highest BCUT2D eigenvalue weighted by Crippen LogP contribution is 2.35. The third-order valence-electron chi connectivity index (χ3n) is 1.20. The monoisotopic (exact) mass is 223 g/mol. The highest BCUT2D eigenvalue weighted by Gasteiger charge is 2.07. The highest BCUT2D eigenvalue weighted by atomic mass is 35.5. The number of ether oxygens (including phenoxy) is 1. The van der Waals surface area contributed by atoms with E-state index in [-0.39, 0.29) is 0 Å². The van der Waals surface area contributed by atoms with Gasteiger partial charge in [0.1, 0.15) is 6.61 Å². The largest absolute Gasteiger partial charge is 0.484 e. The standard InChI is InChI=1S/C8H6Cl3O/c1-2-12-8-6(10)3-5(9)4-7(8)11/h2-4H,1H3. The van der Waals surface area contributed by atoms with Gasteiger partial charge in [-0.05, 0) is 19.1 Å². The Bertz CT molecular complexity index is 263. The average molecular weight is 224 g/mol. The van der Waals surface area contributed by atoms with Crippen LogP contribution in [0.3, 0.4) is 0 Å². The summed E-state index contributed by atoms with van der Waals surface area (Å²) in [5.41, 5.74) is 0. The van der Waals surface area contributed by atoms with E-state index < -0.39 is 0 Å². The second kappa shape index (κ2) is 4.22. The van der Waals surface area contributed by atoms with Crippen LogP contribution >= 0.6 is 34.8 Å². The molecule has 1 aromatic rings. The lowest BCUT2D eigenvalue weighted by atomic mass is 10.3. The summed E-state index contributed by atoms with van der Waals surface area (Å²) in [6, 6.07) is 3.15. The minimum atomic E-state index is 0.408. The van der Waals surface area contributed by atoms with Crippen LogP contribution in [0.2, 0.25) is 15.1 Å². The van der Waals surface area contributed by atoms with Crippen LogP contribution in [0, 0.1) is 6.61 Å². The maximum absolute atomic E-state index is 5.80. The molecule has 0 saturated carbocycles. The normalized spacial score (nSPS) is 10.0. The van der Waals surface area contributed by atoms with Gasteiger partial charge in [-0.25, -0.2) is 0 Å². The summed E-state index contributed by atoms with van der Waals surface area (Å²) in [6.07, 6.45) is 0. The molecule has 12 heavy (non-hydrogen) atoms. The lowest BCUT2D eigenvalue weighted by Crippen LogP contribution is -1.87. The summed E-state index contributed by atoms with van der Waals surface area (Å²) in [6.45, 7) is 3.24. The molecule has 0 aliphatic rings. The van der Waals surface area contributed by atoms with Crippen molar-refractivity contribution in [2.75, 3.05) is 0 Å². The maximum Gasteiger partial charge on any atom is 0.157 e. The van der Waals surface area contributed by atoms with Crippen molar-refractivity contribution in [3.63, 3.8) is 0 Å². The number of hydrogen-bond donors (Lipinski definition) is 0. The number of rotatable bonds is 2. The third-order valence-corrected chi connectivity index (χ3v) is 1.98. The van der Waals surface area contributed by atoms with Gasteiger partial charge in [-0.2, -0.15) is 0 Å². The Labute approximate surface area is 86.2 Å². The predicted octanol–water partition coefficient (Wildman–Crippen LogP) is 4.21. The summed E-state index contributed by atoms with van der Waals surface area (Å²) >= 11 is 17.3. The first-order valence-electron chi connectivity index (χ1n) is 3.24. The Morgan fingerprint density at radius 1 is 1.17 bits per heavy atom. The van der Waals surface area contributed by atoms with Crippen LogP contribution in [0.25, 0.3) is 0 Å². The Hall–Kier alpha value is -0.110. The fourth-order valence-corrected chi connectivity index (χ4v) is 1.67. The average Bonchev–Trinajstić information content (AvgIpc) is 1.96. The second-order valence-corrected chi connectivity index (χ2v) is 3.30. The molecule has 0 N–H and O–H groups in total. The Balaban J connectivity index is 3.10. The van der Waals surface area contributed by atoms with E-state index >= 15 is 0 Å². The van der Waals surface area contributed by atoms with Gasteiger partial charge < -0.3 is 4.74 Å². The van der Waals surface area contributed by atoms with Crippen molar-refractivity contribution in [1.29, 1.82) is 0 Å². The van der Waals surface area contributed by atoms with Crippen molar-refractivity contribution in [3.8, 4) is 5.75 Å². The van der Waals surface area contributed by atoms with E-state index in [1.54, 1.807) is 19.1 Å². The number of hydrogen-bond acceptors (Lipinski definition) is 1. The maximum atomic E-state index is 5.80. The van der Waals surface area contributed by atoms with Crippen molar-refractivity contribution >= 4 is 34.8 Å². The Morgan fingerprint density at radius 2 is 1.67 bits per heavy atom. The molecule has 4 heteroatoms. The van der Waals surface area contributed by atoms with Crippen LogP contribution in [0.5, 0.6) is 5.75 Å². The highest BCUT2D eigenvalue weighted by molar-refractivity contribution is 6.40. The molecule has 0 fully saturated rings. The van der Waals surface area contributed by atoms with E-state index in [1.165, 1.54) is 6.61 Å². The van der Waals surface area contributed by atoms with E-state index in [0.717, 1.165) is 0 Å². The van der Waals surface area contributed by atoms with Gasteiger partial charge in [0.25, 0.3) is 0 Å². The summed E-state index contributed by atoms with van der Waals surface area (Å²) in [7, 11) is 0. The zero-order valence-corrected chi connectivity index (χ0v) is 8.54. The molecule has 1 nitrogen and oxygen atoms in total. The van der Waals surface area contributed by atoms with Crippen LogP contribution in [-0.2, 0) is 0 Å². The molecule has 0 heterocycles. The molecule has 1 rings (SSSR count). The second-order valence-electron chi connectivity index (χ2n) is 2.05. The van der Waals surface area contributed by atoms with Crippen molar-refractivity contribution < 1.29 is 4.74 Å². The van der Waals surface area contributed by atoms with Crippen LogP contribution in [0.4, 0.5) is 0 Å². The minimum absolute atomic E-state index is 0.408. The van der Waals surface area contributed by atoms with Crippen LogP contribution in [-0.4, -0.2) is 0 Å². The summed E-state index contributed by atoms with van der Waals surface area (Å²) in [5, 5.41) is 1.31.